The summed E-state index contributed by atoms with van der Waals surface area (Å²) in [5.74, 6) is -1.27. The van der Waals surface area contributed by atoms with Crippen LogP contribution in [-0.2, 0) is 14.3 Å². The van der Waals surface area contributed by atoms with Crippen LogP contribution >= 0.6 is 0 Å². The molecule has 0 aromatic heterocycles. The summed E-state index contributed by atoms with van der Waals surface area (Å²) in [5.41, 5.74) is 0.130. The first-order chi connectivity index (χ1) is 11.3. The van der Waals surface area contributed by atoms with Crippen molar-refractivity contribution in [1.82, 2.24) is 0 Å². The number of anilines is 1. The molecule has 0 atom stereocenters. The number of esters is 1. The van der Waals surface area contributed by atoms with Crippen LogP contribution in [0.5, 0.6) is 0 Å². The second kappa shape index (κ2) is 7.40. The number of carbonyl (C=O) groups excluding carboxylic acids is 3. The summed E-state index contributed by atoms with van der Waals surface area (Å²) in [4.78, 5) is 36.5. The highest BCUT2D eigenvalue weighted by atomic mass is 16.6. The molecule has 128 valence electrons. The van der Waals surface area contributed by atoms with Crippen LogP contribution < -0.4 is 4.90 Å². The number of benzene rings is 1. The van der Waals surface area contributed by atoms with Gasteiger partial charge in [0.1, 0.15) is 5.60 Å². The maximum Gasteiger partial charge on any atom is 0.338 e. The van der Waals surface area contributed by atoms with Gasteiger partial charge in [0.2, 0.25) is 0 Å². The van der Waals surface area contributed by atoms with E-state index in [4.69, 9.17) is 9.84 Å². The predicted molar refractivity (Wildman–Crippen MR) is 88.5 cm³/mol. The van der Waals surface area contributed by atoms with Crippen molar-refractivity contribution >= 4 is 23.5 Å². The van der Waals surface area contributed by atoms with Crippen LogP contribution in [0.4, 0.5) is 5.69 Å². The van der Waals surface area contributed by atoms with Gasteiger partial charge in [-0.2, -0.15) is 0 Å². The Balaban J connectivity index is 2.01. The second-order valence-electron chi connectivity index (χ2n) is 6.22. The molecule has 0 fully saturated rings. The summed E-state index contributed by atoms with van der Waals surface area (Å²) in [6.07, 6.45) is 4.50. The van der Waals surface area contributed by atoms with Crippen molar-refractivity contribution in [2.75, 3.05) is 11.5 Å². The van der Waals surface area contributed by atoms with Gasteiger partial charge >= 0.3 is 5.97 Å². The summed E-state index contributed by atoms with van der Waals surface area (Å²) in [6, 6.07) is 6.14. The minimum atomic E-state index is -0.629. The highest BCUT2D eigenvalue weighted by Gasteiger charge is 2.26. The van der Waals surface area contributed by atoms with Crippen LogP contribution in [0.3, 0.4) is 0 Å². The number of hydrogen-bond donors (Lipinski definition) is 1. The second-order valence-corrected chi connectivity index (χ2v) is 6.22. The molecule has 0 saturated carbocycles. The fourth-order valence-electron chi connectivity index (χ4n) is 2.42. The van der Waals surface area contributed by atoms with E-state index in [1.54, 1.807) is 0 Å². The zero-order valence-electron chi connectivity index (χ0n) is 13.8. The van der Waals surface area contributed by atoms with Crippen molar-refractivity contribution < 1.29 is 24.2 Å². The monoisotopic (exact) mass is 331 g/mol. The minimum absolute atomic E-state index is 0.119. The molecule has 1 aliphatic heterocycles. The number of carbonyl (C=O) groups is 3. The maximum absolute atomic E-state index is 12.2. The number of imide groups is 1. The Labute approximate surface area is 140 Å². The molecule has 0 saturated heterocycles. The van der Waals surface area contributed by atoms with E-state index in [1.165, 1.54) is 36.4 Å². The van der Waals surface area contributed by atoms with E-state index in [0.29, 0.717) is 24.1 Å². The van der Waals surface area contributed by atoms with Gasteiger partial charge in [0.05, 0.1) is 11.3 Å². The Bertz CT molecular complexity index is 642. The highest BCUT2D eigenvalue weighted by Crippen LogP contribution is 2.23. The Morgan fingerprint density at radius 2 is 1.67 bits per heavy atom. The molecule has 1 N–H and O–H groups in total. The van der Waals surface area contributed by atoms with E-state index < -0.39 is 23.4 Å². The SMILES string of the molecule is CC(C)(CCCCO)OC(=O)c1ccc(N2C(=O)C=CC2=O)cc1. The number of amides is 2. The van der Waals surface area contributed by atoms with Crippen molar-refractivity contribution in [1.29, 1.82) is 0 Å². The van der Waals surface area contributed by atoms with E-state index in [0.717, 1.165) is 11.3 Å². The lowest BCUT2D eigenvalue weighted by molar-refractivity contribution is -0.119. The molecule has 1 heterocycles. The van der Waals surface area contributed by atoms with Gasteiger partial charge in [0.25, 0.3) is 11.8 Å². The molecule has 0 unspecified atom stereocenters. The van der Waals surface area contributed by atoms with Crippen LogP contribution in [-0.4, -0.2) is 35.1 Å². The number of rotatable bonds is 7. The summed E-state index contributed by atoms with van der Waals surface area (Å²) in [6.45, 7) is 3.77. The summed E-state index contributed by atoms with van der Waals surface area (Å²) >= 11 is 0. The molecule has 1 aliphatic rings. The highest BCUT2D eigenvalue weighted by molar-refractivity contribution is 6.28. The van der Waals surface area contributed by atoms with E-state index in [2.05, 4.69) is 0 Å². The zero-order chi connectivity index (χ0) is 17.7. The van der Waals surface area contributed by atoms with Crippen molar-refractivity contribution in [3.8, 4) is 0 Å². The Kier molecular flexibility index (Phi) is 5.51. The van der Waals surface area contributed by atoms with Crippen molar-refractivity contribution in [3.05, 3.63) is 42.0 Å². The number of nitrogens with zero attached hydrogens (tertiary/aromatic N) is 1. The van der Waals surface area contributed by atoms with Crippen molar-refractivity contribution in [3.63, 3.8) is 0 Å². The summed E-state index contributed by atoms with van der Waals surface area (Å²) < 4.78 is 5.50. The average Bonchev–Trinajstić information content (AvgIpc) is 2.86. The Morgan fingerprint density at radius 1 is 1.08 bits per heavy atom. The summed E-state index contributed by atoms with van der Waals surface area (Å²) in [5, 5.41) is 8.81. The fraction of sp³-hybridized carbons (Fsp3) is 0.389. The quantitative estimate of drug-likeness (QED) is 0.470. The fourth-order valence-corrected chi connectivity index (χ4v) is 2.42. The molecule has 2 amide bonds. The van der Waals surface area contributed by atoms with Gasteiger partial charge in [-0.25, -0.2) is 9.69 Å². The summed E-state index contributed by atoms with van der Waals surface area (Å²) in [7, 11) is 0. The van der Waals surface area contributed by atoms with Gasteiger partial charge in [-0.1, -0.05) is 0 Å². The number of hydrogen-bond acceptors (Lipinski definition) is 5. The van der Waals surface area contributed by atoms with E-state index in [1.807, 2.05) is 13.8 Å². The van der Waals surface area contributed by atoms with Crippen LogP contribution in [0.15, 0.2) is 36.4 Å². The number of unbranched alkanes of at least 4 members (excludes halogenated alkanes) is 1. The average molecular weight is 331 g/mol. The molecule has 0 aliphatic carbocycles. The van der Waals surface area contributed by atoms with Gasteiger partial charge in [-0.3, -0.25) is 9.59 Å². The van der Waals surface area contributed by atoms with Crippen LogP contribution in [0.25, 0.3) is 0 Å². The lowest BCUT2D eigenvalue weighted by Gasteiger charge is -2.25. The molecule has 6 nitrogen and oxygen atoms in total. The number of aliphatic hydroxyl groups excluding tert-OH is 1. The van der Waals surface area contributed by atoms with Crippen molar-refractivity contribution in [2.24, 2.45) is 0 Å². The zero-order valence-corrected chi connectivity index (χ0v) is 13.8. The largest absolute Gasteiger partial charge is 0.456 e. The first kappa shape index (κ1) is 17.9. The Morgan fingerprint density at radius 3 is 2.21 bits per heavy atom. The molecule has 24 heavy (non-hydrogen) atoms. The van der Waals surface area contributed by atoms with E-state index >= 15 is 0 Å². The van der Waals surface area contributed by atoms with Crippen molar-refractivity contribution in [2.45, 2.75) is 38.7 Å². The number of aliphatic hydroxyl groups is 1. The molecule has 0 radical (unpaired) electrons. The van der Waals surface area contributed by atoms with Crippen LogP contribution in [0, 0.1) is 0 Å². The topological polar surface area (TPSA) is 83.9 Å². The van der Waals surface area contributed by atoms with E-state index in [-0.39, 0.29) is 6.61 Å². The molecule has 2 rings (SSSR count). The Hall–Kier alpha value is -2.47. The minimum Gasteiger partial charge on any atom is -0.456 e. The first-order valence-electron chi connectivity index (χ1n) is 7.84. The lowest BCUT2D eigenvalue weighted by atomic mass is 10.0. The van der Waals surface area contributed by atoms with Gasteiger partial charge in [0.15, 0.2) is 0 Å². The van der Waals surface area contributed by atoms with Gasteiger partial charge in [0, 0.05) is 18.8 Å². The van der Waals surface area contributed by atoms with Crippen LogP contribution in [0.2, 0.25) is 0 Å². The van der Waals surface area contributed by atoms with Gasteiger partial charge in [-0.05, 0) is 57.4 Å². The normalized spacial score (nSPS) is 14.4. The molecule has 1 aromatic carbocycles. The third-order valence-corrected chi connectivity index (χ3v) is 3.73. The van der Waals surface area contributed by atoms with Gasteiger partial charge < -0.3 is 9.84 Å². The van der Waals surface area contributed by atoms with Crippen LogP contribution in [0.1, 0.15) is 43.5 Å². The maximum atomic E-state index is 12.2. The van der Waals surface area contributed by atoms with E-state index in [9.17, 15) is 14.4 Å². The molecule has 0 bridgehead atoms. The molecular formula is C18H21NO5. The predicted octanol–water partition coefficient (Wildman–Crippen LogP) is 2.21. The smallest absolute Gasteiger partial charge is 0.338 e. The third kappa shape index (κ3) is 4.29. The number of ether oxygens (including phenoxy) is 1. The van der Waals surface area contributed by atoms with Gasteiger partial charge in [-0.15, -0.1) is 0 Å². The molecular weight excluding hydrogens is 310 g/mol. The lowest BCUT2D eigenvalue weighted by Crippen LogP contribution is -2.30. The molecule has 6 heteroatoms. The molecule has 0 spiro atoms. The molecule has 1 aromatic rings. The third-order valence-electron chi connectivity index (χ3n) is 3.73. The standard InChI is InChI=1S/C18H21NO5/c1-18(2,11-3-4-12-20)24-17(23)13-5-7-14(8-6-13)19-15(21)9-10-16(19)22/h5-10,20H,3-4,11-12H2,1-2H3. The first-order valence-corrected chi connectivity index (χ1v) is 7.84.